The molecule has 0 unspecified atom stereocenters. The summed E-state index contributed by atoms with van der Waals surface area (Å²) in [5, 5.41) is 11.7. The first-order valence-corrected chi connectivity index (χ1v) is 11.0. The smallest absolute Gasteiger partial charge is 0.274 e. The van der Waals surface area contributed by atoms with Gasteiger partial charge in [-0.3, -0.25) is 14.5 Å². The van der Waals surface area contributed by atoms with Crippen LogP contribution in [0.25, 0.3) is 0 Å². The van der Waals surface area contributed by atoms with Crippen molar-refractivity contribution in [1.29, 1.82) is 5.26 Å². The van der Waals surface area contributed by atoms with Crippen LogP contribution in [0.2, 0.25) is 0 Å². The number of nitriles is 1. The number of aromatic nitrogens is 1. The number of rotatable bonds is 3. The second-order valence-electron chi connectivity index (χ2n) is 8.83. The molecule has 0 radical (unpaired) electrons. The number of fused-ring (bicyclic) bond motifs is 4. The number of amides is 1. The minimum atomic E-state index is -0.344. The lowest BCUT2D eigenvalue weighted by atomic mass is 9.82. The summed E-state index contributed by atoms with van der Waals surface area (Å²) in [5.74, 6) is 0.464. The number of pyridine rings is 1. The molecule has 4 heterocycles. The topological polar surface area (TPSA) is 87.4 Å². The second kappa shape index (κ2) is 8.29. The van der Waals surface area contributed by atoms with Crippen molar-refractivity contribution in [2.24, 2.45) is 5.92 Å². The summed E-state index contributed by atoms with van der Waals surface area (Å²) in [4.78, 5) is 28.4. The highest BCUT2D eigenvalue weighted by Gasteiger charge is 2.37. The molecule has 1 aromatic heterocycles. The fraction of sp³-hybridized carbons (Fsp3) is 0.458. The molecule has 7 heteroatoms. The molecular formula is C24H26N4O3. The zero-order valence-electron chi connectivity index (χ0n) is 17.4. The van der Waals surface area contributed by atoms with E-state index in [1.807, 2.05) is 16.7 Å². The van der Waals surface area contributed by atoms with Crippen molar-refractivity contribution in [2.45, 2.75) is 37.8 Å². The fourth-order valence-electron chi connectivity index (χ4n) is 5.32. The van der Waals surface area contributed by atoms with Gasteiger partial charge in [0.1, 0.15) is 5.69 Å². The van der Waals surface area contributed by atoms with Gasteiger partial charge in [0.05, 0.1) is 11.6 Å². The Kier molecular flexibility index (Phi) is 5.34. The summed E-state index contributed by atoms with van der Waals surface area (Å²) in [7, 11) is 0. The molecule has 2 aromatic rings. The van der Waals surface area contributed by atoms with E-state index >= 15 is 0 Å². The van der Waals surface area contributed by atoms with Gasteiger partial charge < -0.3 is 14.6 Å². The van der Waals surface area contributed by atoms with E-state index < -0.39 is 0 Å². The predicted octanol–water partition coefficient (Wildman–Crippen LogP) is 2.57. The van der Waals surface area contributed by atoms with E-state index in [1.165, 1.54) is 0 Å². The monoisotopic (exact) mass is 418 g/mol. The lowest BCUT2D eigenvalue weighted by Crippen LogP contribution is -2.51. The van der Waals surface area contributed by atoms with Crippen molar-refractivity contribution < 1.29 is 9.53 Å². The van der Waals surface area contributed by atoms with Gasteiger partial charge in [0, 0.05) is 56.1 Å². The SMILES string of the molecule is N#Cc1ccc(C(=O)Nc2ccc3n(c2=O)C[C@@H]2C[C@@H]3CN(C3CCOCC3)C2)cc1. The van der Waals surface area contributed by atoms with Crippen LogP contribution in [0.1, 0.15) is 46.8 Å². The average Bonchev–Trinajstić information content (AvgIpc) is 2.81. The number of carbonyl (C=O) groups is 1. The molecule has 2 atom stereocenters. The van der Waals surface area contributed by atoms with Gasteiger partial charge in [0.15, 0.2) is 0 Å². The Morgan fingerprint density at radius 1 is 1.06 bits per heavy atom. The number of nitrogens with zero attached hydrogens (tertiary/aromatic N) is 3. The Hall–Kier alpha value is -2.95. The molecule has 160 valence electrons. The van der Waals surface area contributed by atoms with E-state index in [0.717, 1.165) is 51.3 Å². The Bertz CT molecular complexity index is 1080. The second-order valence-corrected chi connectivity index (χ2v) is 8.83. The highest BCUT2D eigenvalue weighted by Crippen LogP contribution is 2.37. The first kappa shape index (κ1) is 20.0. The van der Waals surface area contributed by atoms with Crippen LogP contribution in [0.15, 0.2) is 41.2 Å². The van der Waals surface area contributed by atoms with Crippen LogP contribution in [0, 0.1) is 17.2 Å². The number of carbonyl (C=O) groups excluding carboxylic acids is 1. The maximum Gasteiger partial charge on any atom is 0.274 e. The van der Waals surface area contributed by atoms with Gasteiger partial charge in [0.25, 0.3) is 11.5 Å². The predicted molar refractivity (Wildman–Crippen MR) is 116 cm³/mol. The van der Waals surface area contributed by atoms with E-state index in [0.29, 0.717) is 41.2 Å². The molecule has 1 amide bonds. The summed E-state index contributed by atoms with van der Waals surface area (Å²) >= 11 is 0. The molecule has 0 aliphatic carbocycles. The molecule has 2 bridgehead atoms. The Balaban J connectivity index is 1.35. The van der Waals surface area contributed by atoms with Crippen molar-refractivity contribution in [3.8, 4) is 6.07 Å². The van der Waals surface area contributed by atoms with Gasteiger partial charge >= 0.3 is 0 Å². The van der Waals surface area contributed by atoms with E-state index in [-0.39, 0.29) is 11.5 Å². The largest absolute Gasteiger partial charge is 0.381 e. The van der Waals surface area contributed by atoms with Crippen molar-refractivity contribution in [1.82, 2.24) is 9.47 Å². The van der Waals surface area contributed by atoms with Crippen molar-refractivity contribution >= 4 is 11.6 Å². The lowest BCUT2D eigenvalue weighted by Gasteiger charge is -2.46. The molecule has 1 aromatic carbocycles. The van der Waals surface area contributed by atoms with E-state index in [2.05, 4.69) is 10.2 Å². The third-order valence-electron chi connectivity index (χ3n) is 6.86. The first-order valence-electron chi connectivity index (χ1n) is 11.0. The maximum absolute atomic E-state index is 13.2. The molecule has 31 heavy (non-hydrogen) atoms. The molecule has 7 nitrogen and oxygen atoms in total. The molecule has 3 aliphatic heterocycles. The Morgan fingerprint density at radius 2 is 1.84 bits per heavy atom. The van der Waals surface area contributed by atoms with Crippen molar-refractivity contribution in [3.05, 3.63) is 63.6 Å². The maximum atomic E-state index is 13.2. The zero-order valence-corrected chi connectivity index (χ0v) is 17.4. The molecule has 1 N–H and O–H groups in total. The van der Waals surface area contributed by atoms with Gasteiger partial charge in [-0.1, -0.05) is 0 Å². The van der Waals surface area contributed by atoms with Gasteiger partial charge in [-0.25, -0.2) is 0 Å². The van der Waals surface area contributed by atoms with Crippen LogP contribution >= 0.6 is 0 Å². The number of hydrogen-bond donors (Lipinski definition) is 1. The molecular weight excluding hydrogens is 392 g/mol. The molecule has 2 fully saturated rings. The fourth-order valence-corrected chi connectivity index (χ4v) is 5.32. The van der Waals surface area contributed by atoms with Crippen LogP contribution in [0.3, 0.4) is 0 Å². The Morgan fingerprint density at radius 3 is 2.58 bits per heavy atom. The number of ether oxygens (including phenoxy) is 1. The summed E-state index contributed by atoms with van der Waals surface area (Å²) in [6.07, 6.45) is 3.30. The standard InChI is InChI=1S/C24H26N4O3/c25-12-16-1-3-18(4-2-16)23(29)26-21-5-6-22-19-11-17(14-28(22)24(21)30)13-27(15-19)20-7-9-31-10-8-20/h1-6,17,19-20H,7-11,13-15H2,(H,26,29)/t17-,19-/m1/s1. The first-order chi connectivity index (χ1) is 15.1. The summed E-state index contributed by atoms with van der Waals surface area (Å²) in [5.41, 5.74) is 2.17. The summed E-state index contributed by atoms with van der Waals surface area (Å²) in [6.45, 7) is 4.39. The third kappa shape index (κ3) is 3.89. The minimum Gasteiger partial charge on any atom is -0.381 e. The molecule has 0 spiro atoms. The number of piperidine rings is 1. The normalized spacial score (nSPS) is 23.6. The van der Waals surface area contributed by atoms with Gasteiger partial charge in [-0.2, -0.15) is 5.26 Å². The van der Waals surface area contributed by atoms with Crippen LogP contribution in [0.4, 0.5) is 5.69 Å². The Labute approximate surface area is 181 Å². The van der Waals surface area contributed by atoms with Gasteiger partial charge in [-0.15, -0.1) is 0 Å². The summed E-state index contributed by atoms with van der Waals surface area (Å²) < 4.78 is 7.39. The highest BCUT2D eigenvalue weighted by atomic mass is 16.5. The van der Waals surface area contributed by atoms with Crippen LogP contribution in [-0.4, -0.2) is 47.7 Å². The molecule has 2 saturated heterocycles. The number of benzene rings is 1. The third-order valence-corrected chi connectivity index (χ3v) is 6.86. The highest BCUT2D eigenvalue weighted by molar-refractivity contribution is 6.04. The van der Waals surface area contributed by atoms with E-state index in [9.17, 15) is 9.59 Å². The van der Waals surface area contributed by atoms with Crippen molar-refractivity contribution in [2.75, 3.05) is 31.6 Å². The van der Waals surface area contributed by atoms with Crippen LogP contribution in [-0.2, 0) is 11.3 Å². The van der Waals surface area contributed by atoms with Crippen LogP contribution in [0.5, 0.6) is 0 Å². The molecule has 0 saturated carbocycles. The zero-order chi connectivity index (χ0) is 21.4. The van der Waals surface area contributed by atoms with Crippen molar-refractivity contribution in [3.63, 3.8) is 0 Å². The molecule has 5 rings (SSSR count). The lowest BCUT2D eigenvalue weighted by molar-refractivity contribution is 0.00589. The van der Waals surface area contributed by atoms with E-state index in [4.69, 9.17) is 10.00 Å². The molecule has 3 aliphatic rings. The number of likely N-dealkylation sites (tertiary alicyclic amines) is 1. The number of hydrogen-bond acceptors (Lipinski definition) is 5. The van der Waals surface area contributed by atoms with E-state index in [1.54, 1.807) is 30.3 Å². The number of anilines is 1. The van der Waals surface area contributed by atoms with Gasteiger partial charge in [0.2, 0.25) is 0 Å². The minimum absolute atomic E-state index is 0.131. The summed E-state index contributed by atoms with van der Waals surface area (Å²) in [6, 6.07) is 12.8. The quantitative estimate of drug-likeness (QED) is 0.828. The average molecular weight is 418 g/mol. The number of nitrogens with one attached hydrogen (secondary N) is 1. The van der Waals surface area contributed by atoms with Gasteiger partial charge in [-0.05, 0) is 61.6 Å². The van der Waals surface area contributed by atoms with Crippen LogP contribution < -0.4 is 10.9 Å².